The van der Waals surface area contributed by atoms with Gasteiger partial charge in [0.2, 0.25) is 5.91 Å². The van der Waals surface area contributed by atoms with Crippen molar-refractivity contribution < 1.29 is 23.1 Å². The Bertz CT molecular complexity index is 194. The first-order chi connectivity index (χ1) is 6.28. The van der Waals surface area contributed by atoms with Gasteiger partial charge in [0.25, 0.3) is 0 Å². The standard InChI is InChI=1S/C7H13F3N2O2/c1-5(11)6(14)12(2-3-13)4-7(8,9)10/h5,13H,2-4,11H2,1H3/t5-/m0/s1. The fourth-order valence-electron chi connectivity index (χ4n) is 0.892. The Labute approximate surface area is 79.5 Å². The van der Waals surface area contributed by atoms with E-state index in [1.54, 1.807) is 0 Å². The molecule has 0 radical (unpaired) electrons. The molecule has 0 unspecified atom stereocenters. The molecule has 0 rings (SSSR count). The summed E-state index contributed by atoms with van der Waals surface area (Å²) in [5, 5.41) is 8.46. The molecule has 0 fully saturated rings. The van der Waals surface area contributed by atoms with Crippen molar-refractivity contribution in [2.45, 2.75) is 19.1 Å². The van der Waals surface area contributed by atoms with Gasteiger partial charge in [-0.3, -0.25) is 4.79 Å². The van der Waals surface area contributed by atoms with Crippen LogP contribution in [0.15, 0.2) is 0 Å². The predicted molar refractivity (Wildman–Crippen MR) is 43.4 cm³/mol. The van der Waals surface area contributed by atoms with Crippen LogP contribution in [0, 0.1) is 0 Å². The molecular weight excluding hydrogens is 201 g/mol. The van der Waals surface area contributed by atoms with E-state index in [2.05, 4.69) is 0 Å². The lowest BCUT2D eigenvalue weighted by atomic mass is 10.3. The number of hydrogen-bond donors (Lipinski definition) is 2. The van der Waals surface area contributed by atoms with E-state index in [0.717, 1.165) is 0 Å². The molecule has 14 heavy (non-hydrogen) atoms. The van der Waals surface area contributed by atoms with E-state index in [4.69, 9.17) is 10.8 Å². The van der Waals surface area contributed by atoms with E-state index in [1.165, 1.54) is 6.92 Å². The molecule has 84 valence electrons. The summed E-state index contributed by atoms with van der Waals surface area (Å²) in [6.45, 7) is -0.967. The molecule has 0 aromatic carbocycles. The lowest BCUT2D eigenvalue weighted by Crippen LogP contribution is -2.47. The third-order valence-corrected chi connectivity index (χ3v) is 1.44. The van der Waals surface area contributed by atoms with Crippen molar-refractivity contribution in [3.05, 3.63) is 0 Å². The lowest BCUT2D eigenvalue weighted by molar-refractivity contribution is -0.162. The third-order valence-electron chi connectivity index (χ3n) is 1.44. The van der Waals surface area contributed by atoms with Crippen molar-refractivity contribution in [1.82, 2.24) is 4.90 Å². The van der Waals surface area contributed by atoms with Crippen LogP contribution in [0.5, 0.6) is 0 Å². The van der Waals surface area contributed by atoms with Crippen molar-refractivity contribution in [2.75, 3.05) is 19.7 Å². The highest BCUT2D eigenvalue weighted by molar-refractivity contribution is 5.81. The Morgan fingerprint density at radius 3 is 2.36 bits per heavy atom. The Morgan fingerprint density at radius 1 is 1.57 bits per heavy atom. The molecule has 1 amide bonds. The molecule has 0 heterocycles. The van der Waals surface area contributed by atoms with Crippen molar-refractivity contribution >= 4 is 5.91 Å². The molecule has 7 heteroatoms. The second-order valence-electron chi connectivity index (χ2n) is 2.89. The number of aliphatic hydroxyl groups is 1. The van der Waals surface area contributed by atoms with Crippen LogP contribution < -0.4 is 5.73 Å². The summed E-state index contributed by atoms with van der Waals surface area (Å²) in [6.07, 6.45) is -4.47. The molecule has 3 N–H and O–H groups in total. The topological polar surface area (TPSA) is 66.6 Å². The van der Waals surface area contributed by atoms with Crippen LogP contribution in [-0.2, 0) is 4.79 Å². The molecule has 0 aromatic rings. The van der Waals surface area contributed by atoms with Gasteiger partial charge in [-0.15, -0.1) is 0 Å². The quantitative estimate of drug-likeness (QED) is 0.676. The molecular formula is C7H13F3N2O2. The second-order valence-corrected chi connectivity index (χ2v) is 2.89. The van der Waals surface area contributed by atoms with Gasteiger partial charge in [0.1, 0.15) is 6.54 Å². The molecule has 0 spiro atoms. The summed E-state index contributed by atoms with van der Waals surface area (Å²) in [4.78, 5) is 11.6. The number of carbonyl (C=O) groups excluding carboxylic acids is 1. The van der Waals surface area contributed by atoms with Crippen LogP contribution in [-0.4, -0.2) is 47.8 Å². The monoisotopic (exact) mass is 214 g/mol. The smallest absolute Gasteiger partial charge is 0.395 e. The number of carbonyl (C=O) groups is 1. The van der Waals surface area contributed by atoms with Gasteiger partial charge in [-0.2, -0.15) is 13.2 Å². The first-order valence-corrected chi connectivity index (χ1v) is 4.00. The maximum absolute atomic E-state index is 11.9. The molecule has 0 aliphatic rings. The molecule has 1 atom stereocenters. The van der Waals surface area contributed by atoms with E-state index in [1.807, 2.05) is 0 Å². The summed E-state index contributed by atoms with van der Waals surface area (Å²) in [7, 11) is 0. The Morgan fingerprint density at radius 2 is 2.07 bits per heavy atom. The van der Waals surface area contributed by atoms with Crippen LogP contribution in [0.3, 0.4) is 0 Å². The molecule has 0 aromatic heterocycles. The van der Waals surface area contributed by atoms with Crippen LogP contribution in [0.4, 0.5) is 13.2 Å². The highest BCUT2D eigenvalue weighted by Gasteiger charge is 2.33. The van der Waals surface area contributed by atoms with Gasteiger partial charge in [-0.25, -0.2) is 0 Å². The van der Waals surface area contributed by atoms with Crippen molar-refractivity contribution in [2.24, 2.45) is 5.73 Å². The molecule has 0 aliphatic heterocycles. The zero-order chi connectivity index (χ0) is 11.4. The summed E-state index contributed by atoms with van der Waals surface area (Å²) in [5.74, 6) is -0.823. The van der Waals surface area contributed by atoms with Crippen LogP contribution >= 0.6 is 0 Å². The number of halogens is 3. The zero-order valence-electron chi connectivity index (χ0n) is 7.71. The predicted octanol–water partition coefficient (Wildman–Crippen LogP) is -0.283. The molecule has 0 aliphatic carbocycles. The minimum atomic E-state index is -4.47. The van der Waals surface area contributed by atoms with Crippen LogP contribution in [0.1, 0.15) is 6.92 Å². The van der Waals surface area contributed by atoms with Crippen molar-refractivity contribution in [3.63, 3.8) is 0 Å². The number of rotatable bonds is 4. The fraction of sp³-hybridized carbons (Fsp3) is 0.857. The van der Waals surface area contributed by atoms with Crippen molar-refractivity contribution in [3.8, 4) is 0 Å². The molecule has 0 bridgehead atoms. The number of hydrogen-bond acceptors (Lipinski definition) is 3. The van der Waals surface area contributed by atoms with E-state index in [0.29, 0.717) is 4.90 Å². The zero-order valence-corrected chi connectivity index (χ0v) is 7.71. The first kappa shape index (κ1) is 13.2. The van der Waals surface area contributed by atoms with Crippen LogP contribution in [0.25, 0.3) is 0 Å². The summed E-state index contributed by atoms with van der Waals surface area (Å²) >= 11 is 0. The maximum Gasteiger partial charge on any atom is 0.406 e. The fourth-order valence-corrected chi connectivity index (χ4v) is 0.892. The van der Waals surface area contributed by atoms with E-state index in [-0.39, 0.29) is 6.54 Å². The highest BCUT2D eigenvalue weighted by atomic mass is 19.4. The number of amides is 1. The molecule has 4 nitrogen and oxygen atoms in total. The molecule has 0 saturated heterocycles. The SMILES string of the molecule is C[C@H](N)C(=O)N(CCO)CC(F)(F)F. The van der Waals surface area contributed by atoms with E-state index < -0.39 is 31.3 Å². The maximum atomic E-state index is 11.9. The van der Waals surface area contributed by atoms with Gasteiger partial charge in [0, 0.05) is 6.54 Å². The lowest BCUT2D eigenvalue weighted by Gasteiger charge is -2.24. The normalized spacial score (nSPS) is 13.9. The van der Waals surface area contributed by atoms with Gasteiger partial charge in [0.15, 0.2) is 0 Å². The number of alkyl halides is 3. The Balaban J connectivity index is 4.36. The minimum absolute atomic E-state index is 0.361. The van der Waals surface area contributed by atoms with Gasteiger partial charge in [0.05, 0.1) is 12.6 Å². The average molecular weight is 214 g/mol. The molecule has 0 saturated carbocycles. The first-order valence-electron chi connectivity index (χ1n) is 4.00. The number of nitrogens with two attached hydrogens (primary N) is 1. The van der Waals surface area contributed by atoms with E-state index in [9.17, 15) is 18.0 Å². The number of nitrogens with zero attached hydrogens (tertiary/aromatic N) is 1. The van der Waals surface area contributed by atoms with Crippen molar-refractivity contribution in [1.29, 1.82) is 0 Å². The third kappa shape index (κ3) is 5.03. The van der Waals surface area contributed by atoms with Gasteiger partial charge in [-0.05, 0) is 6.92 Å². The van der Waals surface area contributed by atoms with Gasteiger partial charge < -0.3 is 15.7 Å². The minimum Gasteiger partial charge on any atom is -0.395 e. The number of aliphatic hydroxyl groups excluding tert-OH is 1. The largest absolute Gasteiger partial charge is 0.406 e. The Hall–Kier alpha value is -0.820. The summed E-state index contributed by atoms with van der Waals surface area (Å²) in [6, 6.07) is -0.996. The van der Waals surface area contributed by atoms with E-state index >= 15 is 0 Å². The van der Waals surface area contributed by atoms with Gasteiger partial charge in [-0.1, -0.05) is 0 Å². The Kier molecular flexibility index (Phi) is 4.86. The second kappa shape index (κ2) is 5.16. The average Bonchev–Trinajstić information content (AvgIpc) is 1.99. The summed E-state index contributed by atoms with van der Waals surface area (Å²) < 4.78 is 35.8. The van der Waals surface area contributed by atoms with Crippen LogP contribution in [0.2, 0.25) is 0 Å². The summed E-state index contributed by atoms with van der Waals surface area (Å²) in [5.41, 5.74) is 5.15. The highest BCUT2D eigenvalue weighted by Crippen LogP contribution is 2.16. The van der Waals surface area contributed by atoms with Gasteiger partial charge >= 0.3 is 6.18 Å².